The summed E-state index contributed by atoms with van der Waals surface area (Å²) in [5.74, 6) is 0. The second-order valence-corrected chi connectivity index (χ2v) is 7.47. The molecular formula is C17H19N5O2S. The molecule has 2 aromatic heterocycles. The van der Waals surface area contributed by atoms with Crippen LogP contribution >= 0.6 is 0 Å². The number of benzene rings is 1. The molecule has 8 heteroatoms. The van der Waals surface area contributed by atoms with Crippen LogP contribution in [0.1, 0.15) is 19.0 Å². The number of anilines is 1. The van der Waals surface area contributed by atoms with Crippen LogP contribution in [0.25, 0.3) is 16.9 Å². The summed E-state index contributed by atoms with van der Waals surface area (Å²) in [4.78, 5) is 5.90. The maximum atomic E-state index is 11.2. The third-order valence-electron chi connectivity index (χ3n) is 3.51. The molecule has 130 valence electrons. The van der Waals surface area contributed by atoms with Gasteiger partial charge in [0.25, 0.3) is 0 Å². The summed E-state index contributed by atoms with van der Waals surface area (Å²) in [6.45, 7) is 2.11. The van der Waals surface area contributed by atoms with Crippen LogP contribution in [0, 0.1) is 0 Å². The number of pyridine rings is 1. The lowest BCUT2D eigenvalue weighted by Gasteiger charge is -2.04. The van der Waals surface area contributed by atoms with Gasteiger partial charge in [-0.3, -0.25) is 9.71 Å². The van der Waals surface area contributed by atoms with E-state index in [1.165, 1.54) is 0 Å². The number of aryl methyl sites for hydroxylation is 1. The van der Waals surface area contributed by atoms with Crippen molar-refractivity contribution in [1.82, 2.24) is 20.0 Å². The Morgan fingerprint density at radius 1 is 1.16 bits per heavy atom. The van der Waals surface area contributed by atoms with E-state index in [2.05, 4.69) is 26.8 Å². The highest BCUT2D eigenvalue weighted by Gasteiger charge is 2.07. The zero-order valence-corrected chi connectivity index (χ0v) is 14.9. The zero-order chi connectivity index (χ0) is 17.9. The van der Waals surface area contributed by atoms with Gasteiger partial charge in [0, 0.05) is 23.1 Å². The highest BCUT2D eigenvalue weighted by molar-refractivity contribution is 7.92. The van der Waals surface area contributed by atoms with Gasteiger partial charge in [-0.1, -0.05) is 25.5 Å². The minimum atomic E-state index is -3.28. The highest BCUT2D eigenvalue weighted by atomic mass is 32.2. The Morgan fingerprint density at radius 3 is 2.60 bits per heavy atom. The number of rotatable bonds is 6. The number of sulfonamides is 1. The number of hydrogen-bond acceptors (Lipinski definition) is 5. The molecule has 0 saturated carbocycles. The molecule has 0 bridgehead atoms. The Bertz CT molecular complexity index is 965. The van der Waals surface area contributed by atoms with E-state index in [0.717, 1.165) is 36.0 Å². The fourth-order valence-corrected chi connectivity index (χ4v) is 2.99. The number of nitrogens with one attached hydrogen (secondary N) is 1. The van der Waals surface area contributed by atoms with Crippen molar-refractivity contribution in [1.29, 1.82) is 0 Å². The number of hydrogen-bond donors (Lipinski definition) is 1. The molecule has 0 aliphatic carbocycles. The predicted molar refractivity (Wildman–Crippen MR) is 97.1 cm³/mol. The summed E-state index contributed by atoms with van der Waals surface area (Å²) in [5.41, 5.74) is 3.94. The average molecular weight is 357 g/mol. The normalized spacial score (nSPS) is 11.4. The van der Waals surface area contributed by atoms with Crippen LogP contribution in [0.3, 0.4) is 0 Å². The molecule has 0 aliphatic rings. The van der Waals surface area contributed by atoms with Crippen LogP contribution < -0.4 is 4.72 Å². The second kappa shape index (κ2) is 7.02. The predicted octanol–water partition coefficient (Wildman–Crippen LogP) is 2.65. The average Bonchev–Trinajstić information content (AvgIpc) is 3.05. The van der Waals surface area contributed by atoms with Crippen molar-refractivity contribution in [2.24, 2.45) is 0 Å². The van der Waals surface area contributed by atoms with E-state index in [1.807, 2.05) is 12.1 Å². The van der Waals surface area contributed by atoms with Gasteiger partial charge in [0.05, 0.1) is 18.1 Å². The molecule has 25 heavy (non-hydrogen) atoms. The van der Waals surface area contributed by atoms with Gasteiger partial charge in [-0.25, -0.2) is 8.42 Å². The van der Waals surface area contributed by atoms with Crippen LogP contribution in [0.5, 0.6) is 0 Å². The Kier molecular flexibility index (Phi) is 4.80. The van der Waals surface area contributed by atoms with Crippen LogP contribution in [0.4, 0.5) is 5.69 Å². The molecule has 0 saturated heterocycles. The standard InChI is InChI=1S/C17H19N5O2S/c1-3-4-15-11-16(9-10-18-15)22-19-12-17(20-22)13-5-7-14(8-6-13)21-25(2,23)24/h5-12,21H,3-4H2,1-2H3. The zero-order valence-electron chi connectivity index (χ0n) is 14.0. The van der Waals surface area contributed by atoms with Crippen molar-refractivity contribution >= 4 is 15.7 Å². The minimum Gasteiger partial charge on any atom is -0.284 e. The number of nitrogens with zero attached hydrogens (tertiary/aromatic N) is 4. The fourth-order valence-electron chi connectivity index (χ4n) is 2.43. The lowest BCUT2D eigenvalue weighted by Crippen LogP contribution is -2.09. The largest absolute Gasteiger partial charge is 0.284 e. The molecule has 0 radical (unpaired) electrons. The van der Waals surface area contributed by atoms with E-state index in [1.54, 1.807) is 41.5 Å². The molecule has 3 aromatic rings. The maximum absolute atomic E-state index is 11.2. The molecule has 1 aromatic carbocycles. The number of aromatic nitrogens is 4. The van der Waals surface area contributed by atoms with Crippen molar-refractivity contribution in [2.45, 2.75) is 19.8 Å². The molecule has 1 N–H and O–H groups in total. The van der Waals surface area contributed by atoms with Gasteiger partial charge in [0.2, 0.25) is 10.0 Å². The van der Waals surface area contributed by atoms with Crippen molar-refractivity contribution in [2.75, 3.05) is 11.0 Å². The summed E-state index contributed by atoms with van der Waals surface area (Å²) >= 11 is 0. The van der Waals surface area contributed by atoms with Gasteiger partial charge >= 0.3 is 0 Å². The SMILES string of the molecule is CCCc1cc(-n2ncc(-c3ccc(NS(C)(=O)=O)cc3)n2)ccn1. The monoisotopic (exact) mass is 357 g/mol. The van der Waals surface area contributed by atoms with Gasteiger partial charge in [0.15, 0.2) is 0 Å². The lowest BCUT2D eigenvalue weighted by atomic mass is 10.1. The van der Waals surface area contributed by atoms with Crippen molar-refractivity contribution < 1.29 is 8.42 Å². The van der Waals surface area contributed by atoms with Gasteiger partial charge < -0.3 is 0 Å². The first-order chi connectivity index (χ1) is 11.9. The molecule has 0 aliphatic heterocycles. The Labute approximate surface area is 146 Å². The topological polar surface area (TPSA) is 89.8 Å². The fraction of sp³-hybridized carbons (Fsp3) is 0.235. The minimum absolute atomic E-state index is 0.511. The first kappa shape index (κ1) is 17.1. The summed E-state index contributed by atoms with van der Waals surface area (Å²) in [7, 11) is -3.28. The van der Waals surface area contributed by atoms with E-state index < -0.39 is 10.0 Å². The maximum Gasteiger partial charge on any atom is 0.229 e. The third kappa shape index (κ3) is 4.42. The first-order valence-electron chi connectivity index (χ1n) is 7.90. The van der Waals surface area contributed by atoms with E-state index >= 15 is 0 Å². The smallest absolute Gasteiger partial charge is 0.229 e. The van der Waals surface area contributed by atoms with E-state index in [4.69, 9.17) is 0 Å². The molecule has 0 fully saturated rings. The lowest BCUT2D eigenvalue weighted by molar-refractivity contribution is 0.607. The van der Waals surface area contributed by atoms with Crippen molar-refractivity contribution in [3.63, 3.8) is 0 Å². The third-order valence-corrected chi connectivity index (χ3v) is 4.12. The molecule has 2 heterocycles. The van der Waals surface area contributed by atoms with Gasteiger partial charge in [-0.15, -0.1) is 5.10 Å². The Morgan fingerprint density at radius 2 is 1.92 bits per heavy atom. The van der Waals surface area contributed by atoms with Crippen LogP contribution in [0.15, 0.2) is 48.8 Å². The molecular weight excluding hydrogens is 338 g/mol. The molecule has 0 spiro atoms. The van der Waals surface area contributed by atoms with Crippen molar-refractivity contribution in [3.05, 3.63) is 54.5 Å². The van der Waals surface area contributed by atoms with Crippen LogP contribution in [-0.4, -0.2) is 34.7 Å². The van der Waals surface area contributed by atoms with Crippen LogP contribution in [-0.2, 0) is 16.4 Å². The van der Waals surface area contributed by atoms with Gasteiger partial charge in [0.1, 0.15) is 5.69 Å². The Balaban J connectivity index is 1.83. The van der Waals surface area contributed by atoms with E-state index in [-0.39, 0.29) is 0 Å². The molecule has 0 atom stereocenters. The summed E-state index contributed by atoms with van der Waals surface area (Å²) in [6, 6.07) is 10.8. The van der Waals surface area contributed by atoms with Crippen LogP contribution in [0.2, 0.25) is 0 Å². The summed E-state index contributed by atoms with van der Waals surface area (Å²) in [6.07, 6.45) is 6.50. The van der Waals surface area contributed by atoms with E-state index in [0.29, 0.717) is 11.4 Å². The quantitative estimate of drug-likeness (QED) is 0.732. The van der Waals surface area contributed by atoms with Crippen molar-refractivity contribution in [3.8, 4) is 16.9 Å². The highest BCUT2D eigenvalue weighted by Crippen LogP contribution is 2.20. The molecule has 0 amide bonds. The summed E-state index contributed by atoms with van der Waals surface area (Å²) < 4.78 is 24.9. The van der Waals surface area contributed by atoms with Gasteiger partial charge in [-0.05, 0) is 30.7 Å². The Hall–Kier alpha value is -2.74. The second-order valence-electron chi connectivity index (χ2n) is 5.73. The first-order valence-corrected chi connectivity index (χ1v) is 9.79. The van der Waals surface area contributed by atoms with E-state index in [9.17, 15) is 8.42 Å². The molecule has 0 unspecified atom stereocenters. The summed E-state index contributed by atoms with van der Waals surface area (Å²) in [5, 5.41) is 8.81. The van der Waals surface area contributed by atoms with Gasteiger partial charge in [-0.2, -0.15) is 9.90 Å². The molecule has 3 rings (SSSR count). The molecule has 7 nitrogen and oxygen atoms in total.